The van der Waals surface area contributed by atoms with Gasteiger partial charge in [-0.1, -0.05) is 31.5 Å². The molecule has 0 aliphatic heterocycles. The van der Waals surface area contributed by atoms with Gasteiger partial charge < -0.3 is 10.1 Å². The monoisotopic (exact) mass is 362 g/mol. The molecule has 2 rings (SSSR count). The smallest absolute Gasteiger partial charge is 0.255 e. The highest BCUT2D eigenvalue weighted by atomic mass is 32.2. The highest BCUT2D eigenvalue weighted by Gasteiger charge is 2.15. The Morgan fingerprint density at radius 3 is 2.60 bits per heavy atom. The maximum Gasteiger partial charge on any atom is 0.255 e. The molecule has 0 saturated carbocycles. The number of para-hydroxylation sites is 2. The molecule has 7 heteroatoms. The molecule has 0 aliphatic rings. The van der Waals surface area contributed by atoms with Gasteiger partial charge in [0, 0.05) is 5.56 Å². The van der Waals surface area contributed by atoms with E-state index in [0.29, 0.717) is 18.0 Å². The third kappa shape index (κ3) is 5.04. The number of carbonyl (C=O) groups is 1. The van der Waals surface area contributed by atoms with Gasteiger partial charge in [0.05, 0.1) is 17.2 Å². The zero-order valence-electron chi connectivity index (χ0n) is 14.3. The quantitative estimate of drug-likeness (QED) is 0.707. The highest BCUT2D eigenvalue weighted by molar-refractivity contribution is 7.89. The Bertz CT molecular complexity index is 834. The van der Waals surface area contributed by atoms with Gasteiger partial charge in [0.25, 0.3) is 5.91 Å². The number of benzene rings is 2. The summed E-state index contributed by atoms with van der Waals surface area (Å²) in [6.45, 7) is 2.64. The lowest BCUT2D eigenvalue weighted by molar-refractivity contribution is 0.102. The SMILES string of the molecule is CCCCOc1ccccc1NC(=O)c1cccc(S(=O)(=O)NC)c1. The average molecular weight is 362 g/mol. The van der Waals surface area contributed by atoms with Crippen molar-refractivity contribution in [2.24, 2.45) is 0 Å². The van der Waals surface area contributed by atoms with Gasteiger partial charge >= 0.3 is 0 Å². The topological polar surface area (TPSA) is 84.5 Å². The van der Waals surface area contributed by atoms with Crippen LogP contribution in [0, 0.1) is 0 Å². The van der Waals surface area contributed by atoms with Crippen molar-refractivity contribution < 1.29 is 17.9 Å². The second kappa shape index (κ2) is 8.64. The first kappa shape index (κ1) is 19.0. The van der Waals surface area contributed by atoms with Crippen LogP contribution in [0.2, 0.25) is 0 Å². The lowest BCUT2D eigenvalue weighted by Crippen LogP contribution is -2.19. The van der Waals surface area contributed by atoms with E-state index in [0.717, 1.165) is 12.8 Å². The number of amides is 1. The van der Waals surface area contributed by atoms with Crippen LogP contribution >= 0.6 is 0 Å². The summed E-state index contributed by atoms with van der Waals surface area (Å²) in [5.41, 5.74) is 0.796. The number of unbranched alkanes of at least 4 members (excludes halogenated alkanes) is 1. The van der Waals surface area contributed by atoms with Crippen molar-refractivity contribution in [2.75, 3.05) is 19.0 Å². The molecule has 0 saturated heterocycles. The summed E-state index contributed by atoms with van der Waals surface area (Å²) in [6, 6.07) is 13.0. The highest BCUT2D eigenvalue weighted by Crippen LogP contribution is 2.25. The maximum absolute atomic E-state index is 12.5. The molecule has 0 aromatic heterocycles. The Balaban J connectivity index is 2.19. The van der Waals surface area contributed by atoms with Crippen LogP contribution in [0.5, 0.6) is 5.75 Å². The molecular formula is C18H22N2O4S. The molecule has 0 radical (unpaired) electrons. The van der Waals surface area contributed by atoms with E-state index in [1.807, 2.05) is 6.07 Å². The second-order valence-electron chi connectivity index (χ2n) is 5.39. The van der Waals surface area contributed by atoms with Gasteiger partial charge in [0.2, 0.25) is 10.0 Å². The van der Waals surface area contributed by atoms with Crippen LogP contribution in [-0.2, 0) is 10.0 Å². The number of rotatable bonds is 8. The molecule has 2 aromatic rings. The van der Waals surface area contributed by atoms with Crippen LogP contribution < -0.4 is 14.8 Å². The fourth-order valence-electron chi connectivity index (χ4n) is 2.14. The zero-order valence-corrected chi connectivity index (χ0v) is 15.1. The molecule has 0 bridgehead atoms. The summed E-state index contributed by atoms with van der Waals surface area (Å²) < 4.78 is 31.7. The van der Waals surface area contributed by atoms with Crippen molar-refractivity contribution in [2.45, 2.75) is 24.7 Å². The molecule has 1 amide bonds. The molecule has 0 heterocycles. The van der Waals surface area contributed by atoms with Gasteiger partial charge in [-0.15, -0.1) is 0 Å². The Morgan fingerprint density at radius 2 is 1.88 bits per heavy atom. The van der Waals surface area contributed by atoms with Crippen LogP contribution in [0.4, 0.5) is 5.69 Å². The lowest BCUT2D eigenvalue weighted by atomic mass is 10.2. The standard InChI is InChI=1S/C18H22N2O4S/c1-3-4-12-24-17-11-6-5-10-16(17)20-18(21)14-8-7-9-15(13-14)25(22,23)19-2/h5-11,13,19H,3-4,12H2,1-2H3,(H,20,21). The predicted octanol–water partition coefficient (Wildman–Crippen LogP) is 3.03. The molecule has 134 valence electrons. The van der Waals surface area contributed by atoms with E-state index >= 15 is 0 Å². The summed E-state index contributed by atoms with van der Waals surface area (Å²) in [5.74, 6) is 0.183. The van der Waals surface area contributed by atoms with Crippen LogP contribution in [0.3, 0.4) is 0 Å². The maximum atomic E-state index is 12.5. The van der Waals surface area contributed by atoms with E-state index < -0.39 is 15.9 Å². The summed E-state index contributed by atoms with van der Waals surface area (Å²) in [6.07, 6.45) is 1.94. The largest absolute Gasteiger partial charge is 0.491 e. The van der Waals surface area contributed by atoms with Crippen molar-refractivity contribution in [1.82, 2.24) is 4.72 Å². The molecule has 0 aliphatic carbocycles. The van der Waals surface area contributed by atoms with Gasteiger partial charge in [-0.2, -0.15) is 0 Å². The Hall–Kier alpha value is -2.38. The number of carbonyl (C=O) groups excluding carboxylic acids is 1. The van der Waals surface area contributed by atoms with Crippen molar-refractivity contribution in [3.05, 3.63) is 54.1 Å². The molecule has 6 nitrogen and oxygen atoms in total. The third-order valence-electron chi connectivity index (χ3n) is 3.57. The number of hydrogen-bond acceptors (Lipinski definition) is 4. The molecule has 0 fully saturated rings. The minimum atomic E-state index is -3.60. The minimum absolute atomic E-state index is 0.0372. The van der Waals surface area contributed by atoms with E-state index in [1.165, 1.54) is 25.2 Å². The van der Waals surface area contributed by atoms with Crippen molar-refractivity contribution in [3.8, 4) is 5.75 Å². The summed E-state index contributed by atoms with van der Waals surface area (Å²) in [5, 5.41) is 2.77. The van der Waals surface area contributed by atoms with Gasteiger partial charge in [-0.25, -0.2) is 13.1 Å². The predicted molar refractivity (Wildman–Crippen MR) is 97.5 cm³/mol. The average Bonchev–Trinajstić information content (AvgIpc) is 2.63. The number of hydrogen-bond donors (Lipinski definition) is 2. The van der Waals surface area contributed by atoms with Crippen LogP contribution in [-0.4, -0.2) is 28.0 Å². The number of anilines is 1. The van der Waals surface area contributed by atoms with Crippen molar-refractivity contribution >= 4 is 21.6 Å². The molecule has 2 N–H and O–H groups in total. The molecule has 0 atom stereocenters. The number of ether oxygens (including phenoxy) is 1. The summed E-state index contributed by atoms with van der Waals surface area (Å²) in [7, 11) is -2.28. The van der Waals surface area contributed by atoms with Gasteiger partial charge in [0.1, 0.15) is 5.75 Å². The summed E-state index contributed by atoms with van der Waals surface area (Å²) in [4.78, 5) is 12.5. The van der Waals surface area contributed by atoms with Crippen LogP contribution in [0.15, 0.2) is 53.4 Å². The normalized spacial score (nSPS) is 11.1. The van der Waals surface area contributed by atoms with Gasteiger partial charge in [0.15, 0.2) is 0 Å². The van der Waals surface area contributed by atoms with E-state index in [2.05, 4.69) is 17.0 Å². The minimum Gasteiger partial charge on any atom is -0.491 e. The van der Waals surface area contributed by atoms with Crippen molar-refractivity contribution in [3.63, 3.8) is 0 Å². The van der Waals surface area contributed by atoms with E-state index in [-0.39, 0.29) is 10.5 Å². The molecule has 0 spiro atoms. The Labute approximate surface area is 148 Å². The van der Waals surface area contributed by atoms with Crippen LogP contribution in [0.25, 0.3) is 0 Å². The van der Waals surface area contributed by atoms with E-state index in [4.69, 9.17) is 4.74 Å². The first-order chi connectivity index (χ1) is 12.0. The van der Waals surface area contributed by atoms with E-state index in [1.54, 1.807) is 24.3 Å². The first-order valence-corrected chi connectivity index (χ1v) is 9.53. The molecule has 0 unspecified atom stereocenters. The third-order valence-corrected chi connectivity index (χ3v) is 4.98. The number of sulfonamides is 1. The zero-order chi connectivity index (χ0) is 18.3. The number of nitrogens with one attached hydrogen (secondary N) is 2. The Morgan fingerprint density at radius 1 is 1.12 bits per heavy atom. The lowest BCUT2D eigenvalue weighted by Gasteiger charge is -2.12. The fraction of sp³-hybridized carbons (Fsp3) is 0.278. The molecule has 25 heavy (non-hydrogen) atoms. The Kier molecular flexibility index (Phi) is 6.55. The first-order valence-electron chi connectivity index (χ1n) is 8.04. The molecular weight excluding hydrogens is 340 g/mol. The fourth-order valence-corrected chi connectivity index (χ4v) is 2.91. The van der Waals surface area contributed by atoms with Crippen LogP contribution in [0.1, 0.15) is 30.1 Å². The van der Waals surface area contributed by atoms with Crippen molar-refractivity contribution in [1.29, 1.82) is 0 Å². The van der Waals surface area contributed by atoms with Gasteiger partial charge in [-0.3, -0.25) is 4.79 Å². The second-order valence-corrected chi connectivity index (χ2v) is 7.27. The summed E-state index contributed by atoms with van der Waals surface area (Å²) >= 11 is 0. The van der Waals surface area contributed by atoms with Gasteiger partial charge in [-0.05, 0) is 43.8 Å². The van der Waals surface area contributed by atoms with E-state index in [9.17, 15) is 13.2 Å². The molecule has 2 aromatic carbocycles.